The van der Waals surface area contributed by atoms with Crippen molar-refractivity contribution in [2.45, 2.75) is 165 Å². The fraction of sp³-hybridized carbons (Fsp3) is 0.979. The third-order valence-corrected chi connectivity index (χ3v) is 8.14. The number of unbranched alkanes of at least 4 members (excludes halogenated alkanes) is 11. The molecule has 0 aliphatic heterocycles. The van der Waals surface area contributed by atoms with Crippen molar-refractivity contribution in [1.82, 2.24) is 0 Å². The molecule has 31 N–H and O–H groups in total. The molecule has 0 aromatic heterocycles. The molecular formula is C48H116O32. The highest BCUT2D eigenvalue weighted by molar-refractivity contribution is 5.66. The molecule has 0 atom stereocenters. The Balaban J connectivity index is -0.0000000761. The molecule has 0 amide bonds. The Labute approximate surface area is 471 Å². The van der Waals surface area contributed by atoms with E-state index in [4.69, 9.17) is 158 Å². The summed E-state index contributed by atoms with van der Waals surface area (Å²) in [6, 6.07) is 0. The SMILES string of the molecule is CC(C)CCCCCCCCCCCCCCC(=O)O.OCC(O)CO.OCC(O)CO.OCC(O)CO.OCC(O)CO.OCC(O)CO.OCC(O)CO.OCC(O)CO.OCC(O)CO.OCC(O)CO.OCC(O)CO. The standard InChI is InChI=1S/C18H36O2.10C3H8O3/c1-17(2)15-13-11-9-7-5-3-4-6-8-10-12-14-16-18(19)20;10*4-1-3(6)2-5/h17H,3-16H2,1-2H3,(H,19,20);10*3-6H,1-2H2. The molecule has 0 radical (unpaired) electrons. The molecule has 80 heavy (non-hydrogen) atoms. The lowest BCUT2D eigenvalue weighted by Gasteiger charge is -2.04. The third-order valence-electron chi connectivity index (χ3n) is 8.14. The molecule has 0 aliphatic rings. The fourth-order valence-corrected chi connectivity index (χ4v) is 3.17. The number of aliphatic carboxylic acids is 1. The minimum Gasteiger partial charge on any atom is -0.481 e. The van der Waals surface area contributed by atoms with E-state index < -0.39 is 67.0 Å². The zero-order valence-corrected chi connectivity index (χ0v) is 47.2. The number of rotatable bonds is 35. The lowest BCUT2D eigenvalue weighted by molar-refractivity contribution is -0.137. The summed E-state index contributed by atoms with van der Waals surface area (Å²) >= 11 is 0. The molecule has 0 fully saturated rings. The molecule has 32 nitrogen and oxygen atoms in total. The maximum atomic E-state index is 10.3. The van der Waals surface area contributed by atoms with Crippen molar-refractivity contribution < 1.29 is 163 Å². The first kappa shape index (κ1) is 103. The average Bonchev–Trinajstić information content (AvgIpc) is 3.49. The van der Waals surface area contributed by atoms with Crippen LogP contribution in [0.4, 0.5) is 0 Å². The number of hydrogen-bond acceptors (Lipinski definition) is 31. The zero-order chi connectivity index (χ0) is 65.0. The van der Waals surface area contributed by atoms with E-state index in [0.717, 1.165) is 18.8 Å². The first-order valence-corrected chi connectivity index (χ1v) is 25.9. The molecule has 0 bridgehead atoms. The van der Waals surface area contributed by atoms with Gasteiger partial charge in [-0.05, 0) is 12.3 Å². The molecule has 0 saturated carbocycles. The summed E-state index contributed by atoms with van der Waals surface area (Å²) in [5.74, 6) is 0.212. The largest absolute Gasteiger partial charge is 0.481 e. The highest BCUT2D eigenvalue weighted by Crippen LogP contribution is 2.14. The highest BCUT2D eigenvalue weighted by atomic mass is 16.4. The van der Waals surface area contributed by atoms with Crippen molar-refractivity contribution in [3.63, 3.8) is 0 Å². The lowest BCUT2D eigenvalue weighted by atomic mass is 10.0. The summed E-state index contributed by atoms with van der Waals surface area (Å²) in [6.07, 6.45) is 7.79. The van der Waals surface area contributed by atoms with Gasteiger partial charge >= 0.3 is 5.97 Å². The van der Waals surface area contributed by atoms with E-state index in [1.54, 1.807) is 0 Å². The van der Waals surface area contributed by atoms with Gasteiger partial charge in [0.05, 0.1) is 132 Å². The Morgan fingerprint density at radius 2 is 0.338 bits per heavy atom. The molecule has 0 unspecified atom stereocenters. The second kappa shape index (κ2) is 96.4. The van der Waals surface area contributed by atoms with Gasteiger partial charge in [0.25, 0.3) is 0 Å². The topological polar surface area (TPSA) is 644 Å². The number of carboxylic acids is 1. The first-order chi connectivity index (χ1) is 37.7. The monoisotopic (exact) mass is 1200 g/mol. The second-order valence-corrected chi connectivity index (χ2v) is 16.8. The number of aliphatic hydroxyl groups is 30. The van der Waals surface area contributed by atoms with Crippen LogP contribution in [0, 0.1) is 5.92 Å². The van der Waals surface area contributed by atoms with Crippen LogP contribution in [-0.4, -0.2) is 357 Å². The van der Waals surface area contributed by atoms with Crippen molar-refractivity contribution in [2.75, 3.05) is 132 Å². The minimum atomic E-state index is -0.954. The average molecular weight is 1210 g/mol. The van der Waals surface area contributed by atoms with E-state index >= 15 is 0 Å². The highest BCUT2D eigenvalue weighted by Gasteiger charge is 2.01. The van der Waals surface area contributed by atoms with Gasteiger partial charge in [0.1, 0.15) is 61.0 Å². The smallest absolute Gasteiger partial charge is 0.303 e. The van der Waals surface area contributed by atoms with E-state index in [2.05, 4.69) is 13.8 Å². The van der Waals surface area contributed by atoms with Gasteiger partial charge in [-0.1, -0.05) is 90.9 Å². The maximum absolute atomic E-state index is 10.3. The van der Waals surface area contributed by atoms with Crippen molar-refractivity contribution in [1.29, 1.82) is 0 Å². The zero-order valence-electron chi connectivity index (χ0n) is 47.2. The van der Waals surface area contributed by atoms with Gasteiger partial charge in [0, 0.05) is 6.42 Å². The molecule has 0 spiro atoms. The quantitative estimate of drug-likeness (QED) is 0.0262. The summed E-state index contributed by atoms with van der Waals surface area (Å²) in [6.45, 7) is -2.68. The molecule has 0 rings (SSSR count). The van der Waals surface area contributed by atoms with Crippen molar-refractivity contribution in [2.24, 2.45) is 5.92 Å². The Kier molecular flexibility index (Phi) is 124. The van der Waals surface area contributed by atoms with Gasteiger partial charge in [-0.2, -0.15) is 0 Å². The van der Waals surface area contributed by atoms with Crippen molar-refractivity contribution >= 4 is 5.97 Å². The van der Waals surface area contributed by atoms with Gasteiger partial charge in [-0.15, -0.1) is 0 Å². The fourth-order valence-electron chi connectivity index (χ4n) is 3.17. The van der Waals surface area contributed by atoms with Crippen molar-refractivity contribution in [3.05, 3.63) is 0 Å². The Morgan fingerprint density at radius 1 is 0.225 bits per heavy atom. The van der Waals surface area contributed by atoms with E-state index in [0.29, 0.717) is 6.42 Å². The summed E-state index contributed by atoms with van der Waals surface area (Å²) in [5.41, 5.74) is 0. The van der Waals surface area contributed by atoms with Crippen LogP contribution in [0.1, 0.15) is 104 Å². The molecule has 0 aromatic carbocycles. The molecule has 0 aliphatic carbocycles. The second-order valence-electron chi connectivity index (χ2n) is 16.8. The van der Waals surface area contributed by atoms with Gasteiger partial charge in [0.15, 0.2) is 0 Å². The molecular weight excluding hydrogens is 1090 g/mol. The Bertz CT molecular complexity index is 769. The summed E-state index contributed by atoms with van der Waals surface area (Å²) in [4.78, 5) is 10.3. The van der Waals surface area contributed by atoms with Gasteiger partial charge in [-0.25, -0.2) is 0 Å². The van der Waals surface area contributed by atoms with Crippen LogP contribution >= 0.6 is 0 Å². The summed E-state index contributed by atoms with van der Waals surface area (Å²) in [5, 5.41) is 249. The molecule has 0 saturated heterocycles. The predicted octanol–water partition coefficient (Wildman–Crippen LogP) is -10.5. The maximum Gasteiger partial charge on any atom is 0.303 e. The summed E-state index contributed by atoms with van der Waals surface area (Å²) < 4.78 is 0. The van der Waals surface area contributed by atoms with Crippen LogP contribution in [0.5, 0.6) is 0 Å². The normalized spacial score (nSPS) is 10.3. The van der Waals surface area contributed by atoms with Crippen LogP contribution in [0.25, 0.3) is 0 Å². The van der Waals surface area contributed by atoms with Crippen LogP contribution in [0.2, 0.25) is 0 Å². The van der Waals surface area contributed by atoms with Gasteiger partial charge in [0.2, 0.25) is 0 Å². The Hall–Kier alpha value is -1.73. The summed E-state index contributed by atoms with van der Waals surface area (Å²) in [7, 11) is 0. The van der Waals surface area contributed by atoms with E-state index in [-0.39, 0.29) is 132 Å². The van der Waals surface area contributed by atoms with Crippen LogP contribution in [0.3, 0.4) is 0 Å². The molecule has 500 valence electrons. The number of hydrogen-bond donors (Lipinski definition) is 31. The number of carboxylic acid groups (broad SMARTS) is 1. The minimum absolute atomic E-state index is 0.344. The first-order valence-electron chi connectivity index (χ1n) is 25.9. The number of carbonyl (C=O) groups is 1. The predicted molar refractivity (Wildman–Crippen MR) is 289 cm³/mol. The van der Waals surface area contributed by atoms with Crippen LogP contribution in [0.15, 0.2) is 0 Å². The third kappa shape index (κ3) is 141. The van der Waals surface area contributed by atoms with Crippen LogP contribution < -0.4 is 0 Å². The lowest BCUT2D eigenvalue weighted by Crippen LogP contribution is -2.15. The van der Waals surface area contributed by atoms with Gasteiger partial charge in [-0.3, -0.25) is 4.79 Å². The van der Waals surface area contributed by atoms with E-state index in [1.165, 1.54) is 70.6 Å². The van der Waals surface area contributed by atoms with Crippen molar-refractivity contribution in [3.8, 4) is 0 Å². The number of aliphatic hydroxyl groups excluding tert-OH is 30. The molecule has 0 aromatic rings. The molecule has 32 heteroatoms. The van der Waals surface area contributed by atoms with Gasteiger partial charge < -0.3 is 158 Å². The van der Waals surface area contributed by atoms with E-state index in [1.807, 2.05) is 0 Å². The Morgan fingerprint density at radius 3 is 0.425 bits per heavy atom. The molecule has 0 heterocycles. The van der Waals surface area contributed by atoms with E-state index in [9.17, 15) is 4.79 Å². The van der Waals surface area contributed by atoms with Crippen LogP contribution in [-0.2, 0) is 4.79 Å².